The van der Waals surface area contributed by atoms with Crippen molar-refractivity contribution in [2.24, 2.45) is 5.92 Å². The summed E-state index contributed by atoms with van der Waals surface area (Å²) in [5.41, 5.74) is 4.17. The van der Waals surface area contributed by atoms with Crippen LogP contribution in [-0.2, 0) is 6.42 Å². The van der Waals surface area contributed by atoms with Crippen LogP contribution in [0.4, 0.5) is 0 Å². The van der Waals surface area contributed by atoms with Crippen molar-refractivity contribution in [1.29, 1.82) is 0 Å². The number of allylic oxidation sites excluding steroid dienone is 2. The van der Waals surface area contributed by atoms with E-state index in [9.17, 15) is 0 Å². The lowest BCUT2D eigenvalue weighted by molar-refractivity contribution is 0.554. The fraction of sp³-hybridized carbons (Fsp3) is 0.412. The fourth-order valence-corrected chi connectivity index (χ4v) is 2.31. The standard InChI is InChI=1S/C17H23N/c1-4-13(2)11-15-7-5-6-8-16(15)17-10-9-14(3)12-18-17/h5-10,12-13,17-18H,4,11H2,1-3H3/t13-,17?/m0/s1. The normalized spacial score (nSPS) is 20.2. The molecule has 0 saturated heterocycles. The summed E-state index contributed by atoms with van der Waals surface area (Å²) < 4.78 is 0. The zero-order valence-corrected chi connectivity index (χ0v) is 11.6. The monoisotopic (exact) mass is 241 g/mol. The first-order valence-electron chi connectivity index (χ1n) is 6.89. The molecule has 0 fully saturated rings. The molecule has 0 bridgehead atoms. The molecule has 1 N–H and O–H groups in total. The van der Waals surface area contributed by atoms with Gasteiger partial charge < -0.3 is 5.32 Å². The smallest absolute Gasteiger partial charge is 0.0698 e. The second-order valence-corrected chi connectivity index (χ2v) is 5.31. The maximum absolute atomic E-state index is 3.47. The maximum Gasteiger partial charge on any atom is 0.0698 e. The zero-order valence-electron chi connectivity index (χ0n) is 11.6. The summed E-state index contributed by atoms with van der Waals surface area (Å²) in [6, 6.07) is 9.12. The van der Waals surface area contributed by atoms with E-state index in [2.05, 4.69) is 68.7 Å². The minimum Gasteiger partial charge on any atom is -0.380 e. The molecule has 0 saturated carbocycles. The average molecular weight is 241 g/mol. The number of nitrogens with one attached hydrogen (secondary N) is 1. The molecule has 18 heavy (non-hydrogen) atoms. The van der Waals surface area contributed by atoms with Gasteiger partial charge in [0.05, 0.1) is 6.04 Å². The first kappa shape index (κ1) is 12.9. The molecule has 1 aromatic rings. The van der Waals surface area contributed by atoms with Gasteiger partial charge in [0.25, 0.3) is 0 Å². The van der Waals surface area contributed by atoms with Crippen molar-refractivity contribution in [3.05, 3.63) is 59.3 Å². The van der Waals surface area contributed by atoms with Crippen LogP contribution in [0.25, 0.3) is 0 Å². The number of hydrogen-bond donors (Lipinski definition) is 1. The number of benzene rings is 1. The van der Waals surface area contributed by atoms with Crippen molar-refractivity contribution < 1.29 is 0 Å². The Labute approximate surface area is 111 Å². The Hall–Kier alpha value is -1.50. The Balaban J connectivity index is 2.20. The lowest BCUT2D eigenvalue weighted by atomic mass is 9.91. The second kappa shape index (κ2) is 5.90. The fourth-order valence-electron chi connectivity index (χ4n) is 2.31. The largest absolute Gasteiger partial charge is 0.380 e. The highest BCUT2D eigenvalue weighted by atomic mass is 14.9. The highest BCUT2D eigenvalue weighted by Crippen LogP contribution is 2.25. The van der Waals surface area contributed by atoms with E-state index in [0.717, 1.165) is 5.92 Å². The van der Waals surface area contributed by atoms with E-state index in [1.165, 1.54) is 29.5 Å². The van der Waals surface area contributed by atoms with E-state index in [1.54, 1.807) is 0 Å². The summed E-state index contributed by atoms with van der Waals surface area (Å²) >= 11 is 0. The first-order chi connectivity index (χ1) is 8.70. The molecular formula is C17H23N. The quantitative estimate of drug-likeness (QED) is 0.825. The van der Waals surface area contributed by atoms with Gasteiger partial charge in [-0.1, -0.05) is 56.7 Å². The Morgan fingerprint density at radius 3 is 2.72 bits per heavy atom. The minimum atomic E-state index is 0.328. The van der Waals surface area contributed by atoms with Crippen molar-refractivity contribution >= 4 is 0 Å². The van der Waals surface area contributed by atoms with Gasteiger partial charge >= 0.3 is 0 Å². The minimum absolute atomic E-state index is 0.328. The molecule has 2 rings (SSSR count). The van der Waals surface area contributed by atoms with Crippen LogP contribution >= 0.6 is 0 Å². The van der Waals surface area contributed by atoms with E-state index in [0.29, 0.717) is 6.04 Å². The Kier molecular flexibility index (Phi) is 4.24. The van der Waals surface area contributed by atoms with Crippen LogP contribution in [0.3, 0.4) is 0 Å². The van der Waals surface area contributed by atoms with E-state index in [4.69, 9.17) is 0 Å². The van der Waals surface area contributed by atoms with Gasteiger partial charge in [-0.15, -0.1) is 0 Å². The van der Waals surface area contributed by atoms with Crippen LogP contribution < -0.4 is 5.32 Å². The average Bonchev–Trinajstić information content (AvgIpc) is 2.40. The molecule has 2 atom stereocenters. The van der Waals surface area contributed by atoms with Crippen LogP contribution in [0.5, 0.6) is 0 Å². The summed E-state index contributed by atoms with van der Waals surface area (Å²) in [7, 11) is 0. The predicted molar refractivity (Wildman–Crippen MR) is 78.4 cm³/mol. The number of dihydropyridines is 1. The van der Waals surface area contributed by atoms with Gasteiger partial charge in [0, 0.05) is 6.20 Å². The lowest BCUT2D eigenvalue weighted by Gasteiger charge is -2.22. The molecule has 0 radical (unpaired) electrons. The van der Waals surface area contributed by atoms with Gasteiger partial charge in [0.2, 0.25) is 0 Å². The molecule has 1 aliphatic rings. The summed E-state index contributed by atoms with van der Waals surface area (Å²) in [4.78, 5) is 0. The van der Waals surface area contributed by atoms with Gasteiger partial charge in [-0.3, -0.25) is 0 Å². The van der Waals surface area contributed by atoms with Gasteiger partial charge in [-0.05, 0) is 36.0 Å². The topological polar surface area (TPSA) is 12.0 Å². The van der Waals surface area contributed by atoms with Gasteiger partial charge in [0.1, 0.15) is 0 Å². The molecule has 96 valence electrons. The lowest BCUT2D eigenvalue weighted by Crippen LogP contribution is -2.18. The maximum atomic E-state index is 3.47. The molecule has 1 aromatic carbocycles. The Bertz CT molecular complexity index is 456. The Morgan fingerprint density at radius 2 is 2.06 bits per heavy atom. The van der Waals surface area contributed by atoms with E-state index < -0.39 is 0 Å². The van der Waals surface area contributed by atoms with Crippen molar-refractivity contribution in [2.75, 3.05) is 0 Å². The third-order valence-corrected chi connectivity index (χ3v) is 3.70. The van der Waals surface area contributed by atoms with Gasteiger partial charge in [-0.25, -0.2) is 0 Å². The molecule has 1 unspecified atom stereocenters. The van der Waals surface area contributed by atoms with Crippen LogP contribution in [0, 0.1) is 5.92 Å². The molecular weight excluding hydrogens is 218 g/mol. The number of hydrogen-bond acceptors (Lipinski definition) is 1. The summed E-state index contributed by atoms with van der Waals surface area (Å²) in [6.07, 6.45) is 8.96. The third kappa shape index (κ3) is 3.04. The molecule has 1 heteroatoms. The molecule has 0 aromatic heterocycles. The third-order valence-electron chi connectivity index (χ3n) is 3.70. The van der Waals surface area contributed by atoms with Crippen molar-refractivity contribution in [3.63, 3.8) is 0 Å². The van der Waals surface area contributed by atoms with Crippen LogP contribution in [-0.4, -0.2) is 0 Å². The summed E-state index contributed by atoms with van der Waals surface area (Å²) in [5, 5.41) is 3.47. The molecule has 1 aliphatic heterocycles. The van der Waals surface area contributed by atoms with Crippen LogP contribution in [0.15, 0.2) is 48.2 Å². The van der Waals surface area contributed by atoms with E-state index in [-0.39, 0.29) is 0 Å². The molecule has 0 amide bonds. The Morgan fingerprint density at radius 1 is 1.28 bits per heavy atom. The molecule has 1 heterocycles. The SMILES string of the molecule is CC[C@H](C)Cc1ccccc1C1C=CC(C)=CN1. The van der Waals surface area contributed by atoms with Crippen molar-refractivity contribution in [3.8, 4) is 0 Å². The molecule has 1 nitrogen and oxygen atoms in total. The van der Waals surface area contributed by atoms with Crippen LogP contribution in [0.1, 0.15) is 44.4 Å². The molecule has 0 aliphatic carbocycles. The highest BCUT2D eigenvalue weighted by molar-refractivity contribution is 5.36. The van der Waals surface area contributed by atoms with E-state index in [1.807, 2.05) is 0 Å². The van der Waals surface area contributed by atoms with Crippen molar-refractivity contribution in [1.82, 2.24) is 5.32 Å². The predicted octanol–water partition coefficient (Wildman–Crippen LogP) is 4.38. The highest BCUT2D eigenvalue weighted by Gasteiger charge is 2.14. The summed E-state index contributed by atoms with van der Waals surface area (Å²) in [6.45, 7) is 6.70. The number of rotatable bonds is 4. The van der Waals surface area contributed by atoms with Crippen molar-refractivity contribution in [2.45, 2.75) is 39.7 Å². The van der Waals surface area contributed by atoms with Gasteiger partial charge in [-0.2, -0.15) is 0 Å². The van der Waals surface area contributed by atoms with E-state index >= 15 is 0 Å². The molecule has 0 spiro atoms. The second-order valence-electron chi connectivity index (χ2n) is 5.31. The zero-order chi connectivity index (χ0) is 13.0. The summed E-state index contributed by atoms with van der Waals surface area (Å²) in [5.74, 6) is 0.746. The first-order valence-corrected chi connectivity index (χ1v) is 6.89. The van der Waals surface area contributed by atoms with Gasteiger partial charge in [0.15, 0.2) is 0 Å². The van der Waals surface area contributed by atoms with Crippen LogP contribution in [0.2, 0.25) is 0 Å².